The van der Waals surface area contributed by atoms with Crippen molar-refractivity contribution in [1.82, 2.24) is 9.97 Å². The molecule has 2 rings (SSSR count). The van der Waals surface area contributed by atoms with Crippen LogP contribution in [0.4, 0.5) is 11.8 Å². The zero-order valence-corrected chi connectivity index (χ0v) is 12.8. The molecule has 1 atom stereocenters. The lowest BCUT2D eigenvalue weighted by molar-refractivity contribution is 0.126. The van der Waals surface area contributed by atoms with Crippen LogP contribution in [-0.2, 0) is 4.74 Å². The Labute approximate surface area is 122 Å². The van der Waals surface area contributed by atoms with Gasteiger partial charge in [0.25, 0.3) is 0 Å². The van der Waals surface area contributed by atoms with Crippen molar-refractivity contribution in [1.29, 1.82) is 0 Å². The SMILES string of the molecule is CCOCC(Nc1nc(NN)nc2sccc12)C(C)C. The van der Waals surface area contributed by atoms with E-state index >= 15 is 0 Å². The highest BCUT2D eigenvalue weighted by molar-refractivity contribution is 7.16. The number of thiophene rings is 1. The van der Waals surface area contributed by atoms with Gasteiger partial charge in [-0.05, 0) is 24.3 Å². The maximum Gasteiger partial charge on any atom is 0.240 e. The molecule has 0 spiro atoms. The molecule has 4 N–H and O–H groups in total. The summed E-state index contributed by atoms with van der Waals surface area (Å²) in [6.45, 7) is 7.67. The molecule has 0 aliphatic carbocycles. The number of nitrogen functional groups attached to an aromatic ring is 1. The maximum atomic E-state index is 5.54. The van der Waals surface area contributed by atoms with Gasteiger partial charge in [-0.1, -0.05) is 13.8 Å². The van der Waals surface area contributed by atoms with Crippen LogP contribution < -0.4 is 16.6 Å². The van der Waals surface area contributed by atoms with E-state index in [2.05, 4.69) is 34.6 Å². The predicted molar refractivity (Wildman–Crippen MR) is 84.0 cm³/mol. The molecule has 0 bridgehead atoms. The van der Waals surface area contributed by atoms with Crippen LogP contribution in [0, 0.1) is 5.92 Å². The highest BCUT2D eigenvalue weighted by Gasteiger charge is 2.17. The molecule has 0 fully saturated rings. The molecule has 0 aliphatic rings. The number of ether oxygens (including phenoxy) is 1. The lowest BCUT2D eigenvalue weighted by atomic mass is 10.1. The predicted octanol–water partition coefficient (Wildman–Crippen LogP) is 2.45. The van der Waals surface area contributed by atoms with E-state index in [1.54, 1.807) is 11.3 Å². The lowest BCUT2D eigenvalue weighted by Crippen LogP contribution is -2.31. The fourth-order valence-electron chi connectivity index (χ4n) is 1.85. The summed E-state index contributed by atoms with van der Waals surface area (Å²) in [7, 11) is 0. The van der Waals surface area contributed by atoms with Crippen molar-refractivity contribution in [2.75, 3.05) is 24.0 Å². The Balaban J connectivity index is 2.28. The number of hydrazine groups is 1. The number of hydrogen-bond acceptors (Lipinski definition) is 7. The third-order valence-corrected chi connectivity index (χ3v) is 3.89. The van der Waals surface area contributed by atoms with E-state index in [0.29, 0.717) is 25.1 Å². The zero-order chi connectivity index (χ0) is 14.5. The fraction of sp³-hybridized carbons (Fsp3) is 0.538. The maximum absolute atomic E-state index is 5.54. The van der Waals surface area contributed by atoms with Gasteiger partial charge in [-0.15, -0.1) is 11.3 Å². The van der Waals surface area contributed by atoms with Gasteiger partial charge in [-0.3, -0.25) is 5.43 Å². The summed E-state index contributed by atoms with van der Waals surface area (Å²) in [6, 6.07) is 2.21. The average Bonchev–Trinajstić information content (AvgIpc) is 2.91. The molecule has 0 radical (unpaired) electrons. The van der Waals surface area contributed by atoms with Crippen molar-refractivity contribution in [2.45, 2.75) is 26.8 Å². The van der Waals surface area contributed by atoms with Gasteiger partial charge in [-0.2, -0.15) is 4.98 Å². The standard InChI is InChI=1S/C13H21N5OS/c1-4-19-7-10(8(2)3)15-11-9-5-6-20-12(9)17-13(16-11)18-14/h5-6,8,10H,4,7,14H2,1-3H3,(H2,15,16,17,18). The molecule has 0 amide bonds. The van der Waals surface area contributed by atoms with E-state index in [4.69, 9.17) is 10.6 Å². The first-order valence-corrected chi connectivity index (χ1v) is 7.59. The topological polar surface area (TPSA) is 85.1 Å². The molecule has 0 aliphatic heterocycles. The minimum atomic E-state index is 0.193. The van der Waals surface area contributed by atoms with Gasteiger partial charge in [-0.25, -0.2) is 10.8 Å². The number of rotatable bonds is 7. The van der Waals surface area contributed by atoms with E-state index < -0.39 is 0 Å². The molecule has 1 unspecified atom stereocenters. The molecule has 7 heteroatoms. The quantitative estimate of drug-likeness (QED) is 0.537. The smallest absolute Gasteiger partial charge is 0.240 e. The minimum absolute atomic E-state index is 0.193. The average molecular weight is 295 g/mol. The molecule has 2 aromatic rings. The van der Waals surface area contributed by atoms with Crippen LogP contribution in [0.15, 0.2) is 11.4 Å². The highest BCUT2D eigenvalue weighted by Crippen LogP contribution is 2.27. The number of hydrogen-bond donors (Lipinski definition) is 3. The van der Waals surface area contributed by atoms with Crippen LogP contribution in [0.2, 0.25) is 0 Å². The second-order valence-corrected chi connectivity index (χ2v) is 5.73. The van der Waals surface area contributed by atoms with Gasteiger partial charge in [0, 0.05) is 6.61 Å². The molecule has 0 saturated carbocycles. The number of nitrogens with two attached hydrogens (primary N) is 1. The van der Waals surface area contributed by atoms with Crippen molar-refractivity contribution in [3.63, 3.8) is 0 Å². The Morgan fingerprint density at radius 2 is 2.20 bits per heavy atom. The molecule has 2 aromatic heterocycles. The van der Waals surface area contributed by atoms with Gasteiger partial charge in [0.2, 0.25) is 5.95 Å². The molecule has 110 valence electrons. The summed E-state index contributed by atoms with van der Waals surface area (Å²) in [5.74, 6) is 7.07. The molecular formula is C13H21N5OS. The molecule has 0 aromatic carbocycles. The van der Waals surface area contributed by atoms with Crippen LogP contribution in [0.5, 0.6) is 0 Å². The van der Waals surface area contributed by atoms with E-state index in [1.165, 1.54) is 0 Å². The normalized spacial score (nSPS) is 12.8. The monoisotopic (exact) mass is 295 g/mol. The van der Waals surface area contributed by atoms with Crippen LogP contribution >= 0.6 is 11.3 Å². The summed E-state index contributed by atoms with van der Waals surface area (Å²) in [6.07, 6.45) is 0. The number of fused-ring (bicyclic) bond motifs is 1. The first-order valence-electron chi connectivity index (χ1n) is 6.71. The first-order chi connectivity index (χ1) is 9.65. The Morgan fingerprint density at radius 1 is 1.40 bits per heavy atom. The Kier molecular flexibility index (Phi) is 5.11. The Hall–Kier alpha value is -1.44. The number of nitrogens with one attached hydrogen (secondary N) is 2. The zero-order valence-electron chi connectivity index (χ0n) is 12.0. The van der Waals surface area contributed by atoms with Gasteiger partial charge in [0.1, 0.15) is 10.6 Å². The fourth-order valence-corrected chi connectivity index (χ4v) is 2.62. The summed E-state index contributed by atoms with van der Waals surface area (Å²) in [5, 5.41) is 6.46. The van der Waals surface area contributed by atoms with Crippen LogP contribution in [-0.4, -0.2) is 29.2 Å². The first kappa shape index (κ1) is 15.0. The minimum Gasteiger partial charge on any atom is -0.380 e. The summed E-state index contributed by atoms with van der Waals surface area (Å²) >= 11 is 1.57. The number of aromatic nitrogens is 2. The summed E-state index contributed by atoms with van der Waals surface area (Å²) in [5.41, 5.74) is 2.51. The number of nitrogens with zero attached hydrogens (tertiary/aromatic N) is 2. The third kappa shape index (κ3) is 3.36. The van der Waals surface area contributed by atoms with Gasteiger partial charge in [0.15, 0.2) is 0 Å². The molecule has 2 heterocycles. The van der Waals surface area contributed by atoms with E-state index in [1.807, 2.05) is 18.4 Å². The lowest BCUT2D eigenvalue weighted by Gasteiger charge is -2.23. The van der Waals surface area contributed by atoms with E-state index in [-0.39, 0.29) is 6.04 Å². The van der Waals surface area contributed by atoms with Crippen molar-refractivity contribution >= 4 is 33.3 Å². The van der Waals surface area contributed by atoms with Crippen molar-refractivity contribution in [3.05, 3.63) is 11.4 Å². The van der Waals surface area contributed by atoms with Crippen molar-refractivity contribution in [3.8, 4) is 0 Å². The largest absolute Gasteiger partial charge is 0.380 e. The second-order valence-electron chi connectivity index (χ2n) is 4.83. The molecular weight excluding hydrogens is 274 g/mol. The van der Waals surface area contributed by atoms with Gasteiger partial charge >= 0.3 is 0 Å². The Morgan fingerprint density at radius 3 is 2.85 bits per heavy atom. The summed E-state index contributed by atoms with van der Waals surface area (Å²) in [4.78, 5) is 9.65. The molecule has 6 nitrogen and oxygen atoms in total. The van der Waals surface area contributed by atoms with Crippen LogP contribution in [0.3, 0.4) is 0 Å². The van der Waals surface area contributed by atoms with Crippen molar-refractivity contribution < 1.29 is 4.74 Å². The van der Waals surface area contributed by atoms with E-state index in [0.717, 1.165) is 16.0 Å². The van der Waals surface area contributed by atoms with Crippen molar-refractivity contribution in [2.24, 2.45) is 11.8 Å². The van der Waals surface area contributed by atoms with Crippen LogP contribution in [0.1, 0.15) is 20.8 Å². The van der Waals surface area contributed by atoms with E-state index in [9.17, 15) is 0 Å². The third-order valence-electron chi connectivity index (χ3n) is 3.08. The van der Waals surface area contributed by atoms with Crippen LogP contribution in [0.25, 0.3) is 10.2 Å². The van der Waals surface area contributed by atoms with Gasteiger partial charge < -0.3 is 10.1 Å². The molecule has 20 heavy (non-hydrogen) atoms. The number of anilines is 2. The summed E-state index contributed by atoms with van der Waals surface area (Å²) < 4.78 is 5.54. The Bertz CT molecular complexity index is 557. The highest BCUT2D eigenvalue weighted by atomic mass is 32.1. The second kappa shape index (κ2) is 6.83. The van der Waals surface area contributed by atoms with Gasteiger partial charge in [0.05, 0.1) is 18.0 Å². The molecule has 0 saturated heterocycles.